The first-order chi connectivity index (χ1) is 7.92. The summed E-state index contributed by atoms with van der Waals surface area (Å²) in [7, 11) is 0. The Bertz CT molecular complexity index is 387. The molecule has 0 bridgehead atoms. The smallest absolute Gasteiger partial charge is 0.246 e. The second kappa shape index (κ2) is 5.27. The van der Waals surface area contributed by atoms with E-state index < -0.39 is 5.54 Å². The fourth-order valence-corrected chi connectivity index (χ4v) is 1.52. The van der Waals surface area contributed by atoms with Crippen molar-refractivity contribution in [3.63, 3.8) is 0 Å². The lowest BCUT2D eigenvalue weighted by Gasteiger charge is -2.30. The Balaban J connectivity index is 3.00. The second-order valence-electron chi connectivity index (χ2n) is 4.30. The number of anilines is 1. The van der Waals surface area contributed by atoms with Gasteiger partial charge in [-0.05, 0) is 44.5 Å². The van der Waals surface area contributed by atoms with Crippen LogP contribution >= 0.6 is 0 Å². The van der Waals surface area contributed by atoms with Crippen molar-refractivity contribution in [1.82, 2.24) is 0 Å². The summed E-state index contributed by atoms with van der Waals surface area (Å²) in [6.45, 7) is 5.96. The average molecular weight is 238 g/mol. The Morgan fingerprint density at radius 1 is 1.35 bits per heavy atom. The van der Waals surface area contributed by atoms with Gasteiger partial charge in [-0.2, -0.15) is 0 Å². The van der Waals surface area contributed by atoms with Crippen molar-refractivity contribution in [2.45, 2.75) is 32.7 Å². The number of rotatable bonds is 4. The van der Waals surface area contributed by atoms with Gasteiger partial charge < -0.3 is 10.6 Å². The molecule has 1 aromatic carbocycles. The van der Waals surface area contributed by atoms with Gasteiger partial charge in [0.1, 0.15) is 5.82 Å². The van der Waals surface area contributed by atoms with Crippen LogP contribution in [0.3, 0.4) is 0 Å². The van der Waals surface area contributed by atoms with Crippen molar-refractivity contribution in [3.8, 4) is 0 Å². The van der Waals surface area contributed by atoms with E-state index in [0.29, 0.717) is 18.7 Å². The third kappa shape index (κ3) is 3.03. The maximum absolute atomic E-state index is 12.8. The molecule has 1 rings (SSSR count). The van der Waals surface area contributed by atoms with Crippen molar-refractivity contribution in [3.05, 3.63) is 30.1 Å². The van der Waals surface area contributed by atoms with Gasteiger partial charge in [-0.3, -0.25) is 4.79 Å². The Morgan fingerprint density at radius 3 is 2.29 bits per heavy atom. The molecule has 0 heterocycles. The maximum atomic E-state index is 12.8. The zero-order chi connectivity index (χ0) is 13.1. The highest BCUT2D eigenvalue weighted by Gasteiger charge is 2.30. The van der Waals surface area contributed by atoms with Crippen LogP contribution < -0.4 is 10.6 Å². The van der Waals surface area contributed by atoms with E-state index in [1.54, 1.807) is 24.0 Å². The largest absolute Gasteiger partial charge is 0.318 e. The number of carbonyl (C=O) groups is 1. The minimum absolute atomic E-state index is 0.144. The van der Waals surface area contributed by atoms with Crippen molar-refractivity contribution in [2.75, 3.05) is 11.4 Å². The summed E-state index contributed by atoms with van der Waals surface area (Å²) in [6.07, 6.45) is 0.559. The number of halogens is 1. The average Bonchev–Trinajstić information content (AvgIpc) is 2.32. The molecule has 2 N–H and O–H groups in total. The molecule has 0 saturated heterocycles. The highest BCUT2D eigenvalue weighted by Crippen LogP contribution is 2.19. The van der Waals surface area contributed by atoms with Crippen LogP contribution in [-0.2, 0) is 4.79 Å². The number of nitrogens with zero attached hydrogens (tertiary/aromatic N) is 1. The Labute approximate surface area is 101 Å². The standard InChI is InChI=1S/C13H19FN2O/c1-4-13(3,15)12(17)16(5-2)11-8-6-10(14)7-9-11/h6-9H,4-5,15H2,1-3H3. The first-order valence-electron chi connectivity index (χ1n) is 5.78. The molecular weight excluding hydrogens is 219 g/mol. The van der Waals surface area contributed by atoms with Crippen LogP contribution in [0.2, 0.25) is 0 Å². The van der Waals surface area contributed by atoms with Crippen LogP contribution in [0, 0.1) is 5.82 Å². The zero-order valence-electron chi connectivity index (χ0n) is 10.5. The normalized spacial score (nSPS) is 14.2. The van der Waals surface area contributed by atoms with Gasteiger partial charge in [0, 0.05) is 12.2 Å². The summed E-state index contributed by atoms with van der Waals surface area (Å²) >= 11 is 0. The van der Waals surface area contributed by atoms with Gasteiger partial charge in [0.2, 0.25) is 5.91 Å². The Hall–Kier alpha value is -1.42. The molecule has 94 valence electrons. The summed E-state index contributed by atoms with van der Waals surface area (Å²) in [4.78, 5) is 13.8. The number of amides is 1. The van der Waals surface area contributed by atoms with E-state index in [9.17, 15) is 9.18 Å². The molecule has 0 saturated carbocycles. The number of hydrogen-bond donors (Lipinski definition) is 1. The molecule has 1 atom stereocenters. The molecule has 0 aliphatic rings. The Morgan fingerprint density at radius 2 is 1.88 bits per heavy atom. The Kier molecular flexibility index (Phi) is 4.23. The highest BCUT2D eigenvalue weighted by atomic mass is 19.1. The molecular formula is C13H19FN2O. The fraction of sp³-hybridized carbons (Fsp3) is 0.462. The highest BCUT2D eigenvalue weighted by molar-refractivity contribution is 5.99. The van der Waals surface area contributed by atoms with Crippen LogP contribution in [0.15, 0.2) is 24.3 Å². The van der Waals surface area contributed by atoms with Crippen molar-refractivity contribution >= 4 is 11.6 Å². The molecule has 0 aliphatic carbocycles. The lowest BCUT2D eigenvalue weighted by Crippen LogP contribution is -2.53. The molecule has 17 heavy (non-hydrogen) atoms. The number of likely N-dealkylation sites (N-methyl/N-ethyl adjacent to an activating group) is 1. The number of benzene rings is 1. The van der Waals surface area contributed by atoms with E-state index in [0.717, 1.165) is 0 Å². The monoisotopic (exact) mass is 238 g/mol. The second-order valence-corrected chi connectivity index (χ2v) is 4.30. The van der Waals surface area contributed by atoms with Crippen molar-refractivity contribution in [1.29, 1.82) is 0 Å². The van der Waals surface area contributed by atoms with E-state index in [2.05, 4.69) is 0 Å². The van der Waals surface area contributed by atoms with Crippen molar-refractivity contribution < 1.29 is 9.18 Å². The van der Waals surface area contributed by atoms with E-state index in [4.69, 9.17) is 5.73 Å². The van der Waals surface area contributed by atoms with Crippen LogP contribution in [0.5, 0.6) is 0 Å². The van der Waals surface area contributed by atoms with Crippen LogP contribution in [-0.4, -0.2) is 18.0 Å². The predicted molar refractivity (Wildman–Crippen MR) is 67.3 cm³/mol. The van der Waals surface area contributed by atoms with Gasteiger partial charge in [-0.15, -0.1) is 0 Å². The van der Waals surface area contributed by atoms with E-state index in [-0.39, 0.29) is 11.7 Å². The van der Waals surface area contributed by atoms with Crippen LogP contribution in [0.1, 0.15) is 27.2 Å². The first kappa shape index (κ1) is 13.6. The number of carbonyl (C=O) groups excluding carboxylic acids is 1. The SMILES string of the molecule is CCN(C(=O)C(C)(N)CC)c1ccc(F)cc1. The van der Waals surface area contributed by atoms with Gasteiger partial charge in [-0.1, -0.05) is 6.92 Å². The van der Waals surface area contributed by atoms with Crippen molar-refractivity contribution in [2.24, 2.45) is 5.73 Å². The minimum Gasteiger partial charge on any atom is -0.318 e. The lowest BCUT2D eigenvalue weighted by atomic mass is 9.98. The summed E-state index contributed by atoms with van der Waals surface area (Å²) in [5.41, 5.74) is 5.72. The van der Waals surface area contributed by atoms with Gasteiger partial charge in [0.25, 0.3) is 0 Å². The molecule has 4 heteroatoms. The van der Waals surface area contributed by atoms with E-state index >= 15 is 0 Å². The van der Waals surface area contributed by atoms with Gasteiger partial charge >= 0.3 is 0 Å². The van der Waals surface area contributed by atoms with Gasteiger partial charge in [0.05, 0.1) is 5.54 Å². The molecule has 3 nitrogen and oxygen atoms in total. The lowest BCUT2D eigenvalue weighted by molar-refractivity contribution is -0.123. The molecule has 1 aromatic rings. The first-order valence-corrected chi connectivity index (χ1v) is 5.78. The maximum Gasteiger partial charge on any atom is 0.246 e. The summed E-state index contributed by atoms with van der Waals surface area (Å²) in [5.74, 6) is -0.461. The quantitative estimate of drug-likeness (QED) is 0.875. The molecule has 0 aliphatic heterocycles. The summed E-state index contributed by atoms with van der Waals surface area (Å²) in [6, 6.07) is 5.85. The molecule has 1 amide bonds. The minimum atomic E-state index is -0.885. The van der Waals surface area contributed by atoms with Crippen LogP contribution in [0.25, 0.3) is 0 Å². The fourth-order valence-electron chi connectivity index (χ4n) is 1.52. The molecule has 0 aromatic heterocycles. The van der Waals surface area contributed by atoms with Crippen LogP contribution in [0.4, 0.5) is 10.1 Å². The summed E-state index contributed by atoms with van der Waals surface area (Å²) < 4.78 is 12.8. The van der Waals surface area contributed by atoms with Gasteiger partial charge in [-0.25, -0.2) is 4.39 Å². The molecule has 0 fully saturated rings. The predicted octanol–water partition coefficient (Wildman–Crippen LogP) is 2.31. The third-order valence-electron chi connectivity index (χ3n) is 2.92. The zero-order valence-corrected chi connectivity index (χ0v) is 10.5. The summed E-state index contributed by atoms with van der Waals surface area (Å²) in [5, 5.41) is 0. The topological polar surface area (TPSA) is 46.3 Å². The van der Waals surface area contributed by atoms with Gasteiger partial charge in [0.15, 0.2) is 0 Å². The molecule has 1 unspecified atom stereocenters. The van der Waals surface area contributed by atoms with E-state index in [1.807, 2.05) is 13.8 Å². The number of hydrogen-bond acceptors (Lipinski definition) is 2. The molecule has 0 spiro atoms. The third-order valence-corrected chi connectivity index (χ3v) is 2.92. The number of nitrogens with two attached hydrogens (primary N) is 1. The molecule has 0 radical (unpaired) electrons. The van der Waals surface area contributed by atoms with E-state index in [1.165, 1.54) is 12.1 Å².